The predicted molar refractivity (Wildman–Crippen MR) is 59.5 cm³/mol. The van der Waals surface area contributed by atoms with Gasteiger partial charge in [-0.1, -0.05) is 0 Å². The van der Waals surface area contributed by atoms with Gasteiger partial charge in [0.05, 0.1) is 6.61 Å². The molecule has 1 aliphatic rings. The fraction of sp³-hybridized carbons (Fsp3) is 0.600. The van der Waals surface area contributed by atoms with E-state index in [-0.39, 0.29) is 11.6 Å². The van der Waals surface area contributed by atoms with Crippen LogP contribution in [-0.2, 0) is 4.74 Å². The summed E-state index contributed by atoms with van der Waals surface area (Å²) in [5.41, 5.74) is -0.147. The molecule has 4 nitrogen and oxygen atoms in total. The molecular formula is C10H14N2O2S. The van der Waals surface area contributed by atoms with Gasteiger partial charge in [0.2, 0.25) is 0 Å². The Balaban J connectivity index is 2.28. The van der Waals surface area contributed by atoms with Crippen molar-refractivity contribution < 1.29 is 4.74 Å². The van der Waals surface area contributed by atoms with Gasteiger partial charge in [-0.3, -0.25) is 9.78 Å². The quantitative estimate of drug-likeness (QED) is 0.777. The van der Waals surface area contributed by atoms with Crippen molar-refractivity contribution in [1.82, 2.24) is 9.55 Å². The minimum absolute atomic E-state index is 0.147. The molecule has 1 aromatic heterocycles. The number of hydrogen-bond acceptors (Lipinski definition) is 3. The number of aromatic nitrogens is 2. The summed E-state index contributed by atoms with van der Waals surface area (Å²) in [7, 11) is 0. The first kappa shape index (κ1) is 10.6. The van der Waals surface area contributed by atoms with Crippen LogP contribution in [0.2, 0.25) is 0 Å². The second-order valence-corrected chi connectivity index (χ2v) is 4.27. The van der Waals surface area contributed by atoms with Gasteiger partial charge in [-0.25, -0.2) is 0 Å². The smallest absolute Gasteiger partial charge is 0.251 e. The molecule has 2 unspecified atom stereocenters. The van der Waals surface area contributed by atoms with E-state index >= 15 is 0 Å². The molecule has 0 radical (unpaired) electrons. The van der Waals surface area contributed by atoms with Crippen molar-refractivity contribution in [2.75, 3.05) is 13.2 Å². The van der Waals surface area contributed by atoms with Crippen LogP contribution >= 0.6 is 12.2 Å². The highest BCUT2D eigenvalue weighted by atomic mass is 32.1. The molecule has 1 saturated heterocycles. The minimum atomic E-state index is -0.147. The second kappa shape index (κ2) is 4.28. The maximum Gasteiger partial charge on any atom is 0.251 e. The number of H-pyrrole nitrogens is 1. The molecule has 0 amide bonds. The fourth-order valence-electron chi connectivity index (χ4n) is 1.91. The Bertz CT molecular complexity index is 445. The Morgan fingerprint density at radius 1 is 1.73 bits per heavy atom. The van der Waals surface area contributed by atoms with Gasteiger partial charge in [-0.2, -0.15) is 0 Å². The first-order valence-corrected chi connectivity index (χ1v) is 5.48. The molecule has 0 bridgehead atoms. The topological polar surface area (TPSA) is 47.0 Å². The van der Waals surface area contributed by atoms with E-state index in [1.165, 1.54) is 6.07 Å². The first-order valence-electron chi connectivity index (χ1n) is 5.07. The Labute approximate surface area is 92.9 Å². The van der Waals surface area contributed by atoms with Crippen LogP contribution in [0.3, 0.4) is 0 Å². The van der Waals surface area contributed by atoms with Crippen molar-refractivity contribution in [3.8, 4) is 0 Å². The lowest BCUT2D eigenvalue weighted by Gasteiger charge is -2.20. The lowest BCUT2D eigenvalue weighted by Crippen LogP contribution is -2.20. The van der Waals surface area contributed by atoms with Crippen molar-refractivity contribution >= 4 is 12.2 Å². The molecule has 5 heteroatoms. The van der Waals surface area contributed by atoms with Gasteiger partial charge in [0.15, 0.2) is 4.77 Å². The highest BCUT2D eigenvalue weighted by Crippen LogP contribution is 2.25. The van der Waals surface area contributed by atoms with Gasteiger partial charge in [-0.05, 0) is 25.6 Å². The third-order valence-electron chi connectivity index (χ3n) is 2.94. The standard InChI is InChI=1S/C10H14N2O2S/c1-7(8-3-5-14-6-8)12-4-2-9(13)11-10(12)15/h2,4,7-8H,3,5-6H2,1H3,(H,11,13,15). The monoisotopic (exact) mass is 226 g/mol. The molecule has 82 valence electrons. The average Bonchev–Trinajstić information content (AvgIpc) is 2.69. The normalized spacial score (nSPS) is 22.9. The van der Waals surface area contributed by atoms with Crippen LogP contribution in [0.1, 0.15) is 19.4 Å². The third kappa shape index (κ3) is 2.18. The molecule has 0 saturated carbocycles. The number of nitrogens with one attached hydrogen (secondary N) is 1. The predicted octanol–water partition coefficient (Wildman–Crippen LogP) is 1.50. The van der Waals surface area contributed by atoms with Gasteiger partial charge in [0, 0.05) is 30.8 Å². The van der Waals surface area contributed by atoms with E-state index in [1.807, 2.05) is 4.57 Å². The molecule has 1 fully saturated rings. The van der Waals surface area contributed by atoms with Crippen LogP contribution in [0.4, 0.5) is 0 Å². The number of ether oxygens (including phenoxy) is 1. The zero-order valence-electron chi connectivity index (χ0n) is 8.60. The number of hydrogen-bond donors (Lipinski definition) is 1. The van der Waals surface area contributed by atoms with Crippen molar-refractivity contribution in [3.05, 3.63) is 27.4 Å². The zero-order valence-corrected chi connectivity index (χ0v) is 9.42. The SMILES string of the molecule is CC(C1CCOC1)n1ccc(=O)[nH]c1=S. The molecule has 2 heterocycles. The molecule has 2 rings (SSSR count). The fourth-order valence-corrected chi connectivity index (χ4v) is 2.24. The number of rotatable bonds is 2. The molecule has 1 N–H and O–H groups in total. The van der Waals surface area contributed by atoms with Crippen LogP contribution < -0.4 is 5.56 Å². The second-order valence-electron chi connectivity index (χ2n) is 3.88. The molecule has 0 aromatic carbocycles. The summed E-state index contributed by atoms with van der Waals surface area (Å²) >= 11 is 5.12. The highest BCUT2D eigenvalue weighted by Gasteiger charge is 2.23. The van der Waals surface area contributed by atoms with Crippen molar-refractivity contribution in [1.29, 1.82) is 0 Å². The van der Waals surface area contributed by atoms with Gasteiger partial charge >= 0.3 is 0 Å². The molecule has 0 spiro atoms. The van der Waals surface area contributed by atoms with Gasteiger partial charge < -0.3 is 9.30 Å². The van der Waals surface area contributed by atoms with Gasteiger partial charge in [-0.15, -0.1) is 0 Å². The molecule has 0 aliphatic carbocycles. The molecule has 1 aliphatic heterocycles. The van der Waals surface area contributed by atoms with E-state index in [0.29, 0.717) is 10.7 Å². The van der Waals surface area contributed by atoms with E-state index < -0.39 is 0 Å². The van der Waals surface area contributed by atoms with E-state index in [9.17, 15) is 4.79 Å². The Kier molecular flexibility index (Phi) is 3.02. The van der Waals surface area contributed by atoms with Crippen LogP contribution in [0.25, 0.3) is 0 Å². The summed E-state index contributed by atoms with van der Waals surface area (Å²) < 4.78 is 7.76. The van der Waals surface area contributed by atoms with Crippen LogP contribution in [0, 0.1) is 10.7 Å². The Hall–Kier alpha value is -0.940. The third-order valence-corrected chi connectivity index (χ3v) is 3.25. The molecule has 15 heavy (non-hydrogen) atoms. The summed E-state index contributed by atoms with van der Waals surface area (Å²) in [6.45, 7) is 3.71. The maximum atomic E-state index is 11.0. The van der Waals surface area contributed by atoms with Crippen LogP contribution in [0.5, 0.6) is 0 Å². The summed E-state index contributed by atoms with van der Waals surface area (Å²) in [5, 5.41) is 0. The van der Waals surface area contributed by atoms with Crippen molar-refractivity contribution in [2.45, 2.75) is 19.4 Å². The van der Waals surface area contributed by atoms with E-state index in [1.54, 1.807) is 6.20 Å². The lowest BCUT2D eigenvalue weighted by atomic mass is 10.0. The van der Waals surface area contributed by atoms with E-state index in [0.717, 1.165) is 19.6 Å². The molecule has 2 atom stereocenters. The average molecular weight is 226 g/mol. The number of aromatic amines is 1. The van der Waals surface area contributed by atoms with Gasteiger partial charge in [0.25, 0.3) is 5.56 Å². The minimum Gasteiger partial charge on any atom is -0.381 e. The van der Waals surface area contributed by atoms with E-state index in [4.69, 9.17) is 17.0 Å². The summed E-state index contributed by atoms with van der Waals surface area (Å²) in [6, 6.07) is 1.78. The highest BCUT2D eigenvalue weighted by molar-refractivity contribution is 7.71. The molecule has 1 aromatic rings. The number of nitrogens with zero attached hydrogens (tertiary/aromatic N) is 1. The van der Waals surface area contributed by atoms with Crippen LogP contribution in [0.15, 0.2) is 17.1 Å². The molecular weight excluding hydrogens is 212 g/mol. The summed E-state index contributed by atoms with van der Waals surface area (Å²) in [5.74, 6) is 0.489. The zero-order chi connectivity index (χ0) is 10.8. The Morgan fingerprint density at radius 3 is 3.13 bits per heavy atom. The van der Waals surface area contributed by atoms with Gasteiger partial charge in [0.1, 0.15) is 0 Å². The van der Waals surface area contributed by atoms with Crippen LogP contribution in [-0.4, -0.2) is 22.8 Å². The van der Waals surface area contributed by atoms with Crippen molar-refractivity contribution in [3.63, 3.8) is 0 Å². The first-order chi connectivity index (χ1) is 7.18. The van der Waals surface area contributed by atoms with E-state index in [2.05, 4.69) is 11.9 Å². The Morgan fingerprint density at radius 2 is 2.53 bits per heavy atom. The lowest BCUT2D eigenvalue weighted by molar-refractivity contribution is 0.174. The largest absolute Gasteiger partial charge is 0.381 e. The summed E-state index contributed by atoms with van der Waals surface area (Å²) in [6.07, 6.45) is 2.81. The summed E-state index contributed by atoms with van der Waals surface area (Å²) in [4.78, 5) is 13.7. The van der Waals surface area contributed by atoms with Crippen molar-refractivity contribution in [2.24, 2.45) is 5.92 Å². The maximum absolute atomic E-state index is 11.0.